The van der Waals surface area contributed by atoms with Crippen molar-refractivity contribution >= 4 is 27.4 Å². The first-order valence-electron chi connectivity index (χ1n) is 4.34. The van der Waals surface area contributed by atoms with Crippen LogP contribution in [0.15, 0.2) is 18.2 Å². The highest BCUT2D eigenvalue weighted by Gasteiger charge is 2.31. The smallest absolute Gasteiger partial charge is 0.398 e. The number of anilines is 1. The molecule has 0 fully saturated rings. The average molecular weight is 296 g/mol. The molecule has 0 bridgehead atoms. The first kappa shape index (κ1) is 13.0. The second-order valence-corrected chi connectivity index (χ2v) is 4.23. The Hall–Kier alpha value is -1.04. The van der Waals surface area contributed by atoms with Gasteiger partial charge in [0.05, 0.1) is 10.4 Å². The van der Waals surface area contributed by atoms with Crippen LogP contribution in [-0.2, 0) is 11.0 Å². The minimum Gasteiger partial charge on any atom is -0.398 e. The predicted octanol–water partition coefficient (Wildman–Crippen LogP) is 3.31. The lowest BCUT2D eigenvalue weighted by molar-refractivity contribution is -0.137. The second kappa shape index (κ2) is 4.45. The highest BCUT2D eigenvalue weighted by atomic mass is 79.9. The normalized spacial score (nSPS) is 13.6. The monoisotopic (exact) mass is 295 g/mol. The van der Waals surface area contributed by atoms with Crippen molar-refractivity contribution in [2.45, 2.75) is 17.9 Å². The average Bonchev–Trinajstić information content (AvgIpc) is 2.15. The Morgan fingerprint density at radius 1 is 1.44 bits per heavy atom. The van der Waals surface area contributed by atoms with Gasteiger partial charge in [-0.25, -0.2) is 0 Å². The van der Waals surface area contributed by atoms with Gasteiger partial charge in [-0.1, -0.05) is 22.0 Å². The molecule has 1 unspecified atom stereocenters. The summed E-state index contributed by atoms with van der Waals surface area (Å²) in [5.74, 6) is -0.216. The number of nitrogen functional groups attached to an aromatic ring is 1. The zero-order chi connectivity index (χ0) is 12.5. The van der Waals surface area contributed by atoms with Crippen molar-refractivity contribution in [1.82, 2.24) is 0 Å². The van der Waals surface area contributed by atoms with Crippen LogP contribution in [0.1, 0.15) is 22.9 Å². The molecule has 1 rings (SSSR count). The van der Waals surface area contributed by atoms with E-state index in [1.54, 1.807) is 0 Å². The number of hydrogen-bond acceptors (Lipinski definition) is 2. The lowest BCUT2D eigenvalue weighted by Gasteiger charge is -2.13. The van der Waals surface area contributed by atoms with E-state index < -0.39 is 16.6 Å². The van der Waals surface area contributed by atoms with Crippen molar-refractivity contribution in [3.05, 3.63) is 29.3 Å². The molecular weight excluding hydrogens is 287 g/mol. The van der Waals surface area contributed by atoms with Crippen LogP contribution >= 0.6 is 15.9 Å². The lowest BCUT2D eigenvalue weighted by Crippen LogP contribution is -2.09. The van der Waals surface area contributed by atoms with E-state index in [1.165, 1.54) is 13.0 Å². The molecular formula is C10H9BrF3NO. The molecule has 0 radical (unpaired) electrons. The van der Waals surface area contributed by atoms with Crippen LogP contribution in [0.4, 0.5) is 18.9 Å². The molecule has 16 heavy (non-hydrogen) atoms. The molecule has 6 heteroatoms. The fourth-order valence-corrected chi connectivity index (χ4v) is 1.62. The SMILES string of the molecule is CC(=O)C(Br)c1ccc(C(F)(F)F)cc1N. The second-order valence-electron chi connectivity index (χ2n) is 3.31. The van der Waals surface area contributed by atoms with Gasteiger partial charge in [0.25, 0.3) is 0 Å². The van der Waals surface area contributed by atoms with E-state index in [4.69, 9.17) is 5.73 Å². The van der Waals surface area contributed by atoms with Crippen molar-refractivity contribution in [2.24, 2.45) is 0 Å². The summed E-state index contributed by atoms with van der Waals surface area (Å²) in [5, 5.41) is 0. The maximum Gasteiger partial charge on any atom is 0.416 e. The van der Waals surface area contributed by atoms with Gasteiger partial charge >= 0.3 is 6.18 Å². The number of halogens is 4. The predicted molar refractivity (Wildman–Crippen MR) is 58.2 cm³/mol. The van der Waals surface area contributed by atoms with Crippen molar-refractivity contribution in [1.29, 1.82) is 0 Å². The molecule has 0 aliphatic heterocycles. The number of alkyl halides is 4. The molecule has 0 saturated carbocycles. The van der Waals surface area contributed by atoms with Crippen LogP contribution < -0.4 is 5.73 Å². The molecule has 1 aromatic carbocycles. The van der Waals surface area contributed by atoms with Crippen molar-refractivity contribution in [3.8, 4) is 0 Å². The Bertz CT molecular complexity index is 417. The topological polar surface area (TPSA) is 43.1 Å². The molecule has 0 aliphatic rings. The number of ketones is 1. The number of Topliss-reactive ketones (excluding diaryl/α,β-unsaturated/α-hetero) is 1. The molecule has 0 saturated heterocycles. The van der Waals surface area contributed by atoms with Gasteiger partial charge in [0.2, 0.25) is 0 Å². The summed E-state index contributed by atoms with van der Waals surface area (Å²) in [6.07, 6.45) is -4.43. The number of benzene rings is 1. The fraction of sp³-hybridized carbons (Fsp3) is 0.300. The Morgan fingerprint density at radius 3 is 2.38 bits per heavy atom. The van der Waals surface area contributed by atoms with Crippen LogP contribution in [0, 0.1) is 0 Å². The van der Waals surface area contributed by atoms with Crippen molar-refractivity contribution in [3.63, 3.8) is 0 Å². The summed E-state index contributed by atoms with van der Waals surface area (Å²) >= 11 is 3.07. The van der Waals surface area contributed by atoms with Gasteiger partial charge in [-0.3, -0.25) is 4.79 Å². The molecule has 0 spiro atoms. The molecule has 0 aromatic heterocycles. The van der Waals surface area contributed by atoms with Crippen LogP contribution in [0.25, 0.3) is 0 Å². The Labute approximate surface area is 98.8 Å². The van der Waals surface area contributed by atoms with E-state index in [0.29, 0.717) is 5.56 Å². The number of hydrogen-bond donors (Lipinski definition) is 1. The van der Waals surface area contributed by atoms with E-state index in [1.807, 2.05) is 0 Å². The van der Waals surface area contributed by atoms with Crippen LogP contribution in [0.3, 0.4) is 0 Å². The standard InChI is InChI=1S/C10H9BrF3NO/c1-5(16)9(11)7-3-2-6(4-8(7)15)10(12,13)14/h2-4,9H,15H2,1H3. The van der Waals surface area contributed by atoms with Gasteiger partial charge in [-0.05, 0) is 24.6 Å². The molecule has 0 aliphatic carbocycles. The summed E-state index contributed by atoms with van der Waals surface area (Å²) in [7, 11) is 0. The summed E-state index contributed by atoms with van der Waals surface area (Å²) in [5.41, 5.74) is 4.95. The number of carbonyl (C=O) groups excluding carboxylic acids is 1. The van der Waals surface area contributed by atoms with E-state index in [2.05, 4.69) is 15.9 Å². The van der Waals surface area contributed by atoms with Crippen LogP contribution in [0.2, 0.25) is 0 Å². The van der Waals surface area contributed by atoms with E-state index in [9.17, 15) is 18.0 Å². The third-order valence-corrected chi connectivity index (χ3v) is 3.18. The summed E-state index contributed by atoms with van der Waals surface area (Å²) < 4.78 is 37.0. The molecule has 0 heterocycles. The minimum atomic E-state index is -4.43. The highest BCUT2D eigenvalue weighted by Crippen LogP contribution is 2.35. The first-order chi connectivity index (χ1) is 7.23. The third-order valence-electron chi connectivity index (χ3n) is 2.04. The minimum absolute atomic E-state index is 0.0492. The Morgan fingerprint density at radius 2 is 2.00 bits per heavy atom. The van der Waals surface area contributed by atoms with E-state index in [-0.39, 0.29) is 11.5 Å². The number of carbonyl (C=O) groups is 1. The quantitative estimate of drug-likeness (QED) is 0.672. The van der Waals surface area contributed by atoms with Gasteiger partial charge in [0, 0.05) is 5.69 Å². The van der Waals surface area contributed by atoms with Gasteiger partial charge < -0.3 is 5.73 Å². The van der Waals surface area contributed by atoms with Gasteiger partial charge in [-0.2, -0.15) is 13.2 Å². The molecule has 0 amide bonds. The molecule has 1 atom stereocenters. The van der Waals surface area contributed by atoms with Crippen LogP contribution in [0.5, 0.6) is 0 Å². The maximum absolute atomic E-state index is 12.3. The summed E-state index contributed by atoms with van der Waals surface area (Å²) in [4.78, 5) is 10.4. The van der Waals surface area contributed by atoms with Crippen LogP contribution in [-0.4, -0.2) is 5.78 Å². The van der Waals surface area contributed by atoms with E-state index in [0.717, 1.165) is 12.1 Å². The van der Waals surface area contributed by atoms with E-state index >= 15 is 0 Å². The Balaban J connectivity index is 3.15. The highest BCUT2D eigenvalue weighted by molar-refractivity contribution is 9.09. The molecule has 2 N–H and O–H groups in total. The summed E-state index contributed by atoms with van der Waals surface area (Å²) in [6.45, 7) is 1.33. The third kappa shape index (κ3) is 2.75. The molecule has 1 aromatic rings. The van der Waals surface area contributed by atoms with Gasteiger partial charge in [0.1, 0.15) is 5.78 Å². The van der Waals surface area contributed by atoms with Gasteiger partial charge in [-0.15, -0.1) is 0 Å². The molecule has 2 nitrogen and oxygen atoms in total. The number of nitrogens with two attached hydrogens (primary N) is 1. The number of rotatable bonds is 2. The largest absolute Gasteiger partial charge is 0.416 e. The zero-order valence-corrected chi connectivity index (χ0v) is 9.89. The van der Waals surface area contributed by atoms with Crippen molar-refractivity contribution in [2.75, 3.05) is 5.73 Å². The lowest BCUT2D eigenvalue weighted by atomic mass is 10.0. The Kier molecular flexibility index (Phi) is 3.62. The molecule has 88 valence electrons. The zero-order valence-electron chi connectivity index (χ0n) is 8.31. The summed E-state index contributed by atoms with van der Waals surface area (Å²) in [6, 6.07) is 2.94. The van der Waals surface area contributed by atoms with Gasteiger partial charge in [0.15, 0.2) is 0 Å². The maximum atomic E-state index is 12.3. The van der Waals surface area contributed by atoms with Crippen molar-refractivity contribution < 1.29 is 18.0 Å². The fourth-order valence-electron chi connectivity index (χ4n) is 1.20. The first-order valence-corrected chi connectivity index (χ1v) is 5.26.